The first-order valence-electron chi connectivity index (χ1n) is 7.16. The van der Waals surface area contributed by atoms with Gasteiger partial charge in [0.2, 0.25) is 0 Å². The van der Waals surface area contributed by atoms with E-state index in [0.29, 0.717) is 31.6 Å². The third-order valence-electron chi connectivity index (χ3n) is 4.59. The van der Waals surface area contributed by atoms with Crippen molar-refractivity contribution in [2.45, 2.75) is 38.1 Å². The van der Waals surface area contributed by atoms with Crippen molar-refractivity contribution in [3.8, 4) is 0 Å². The number of nitrogens with one attached hydrogen (secondary N) is 1. The largest absolute Gasteiger partial charge is 0.314 e. The lowest BCUT2D eigenvalue weighted by molar-refractivity contribution is 0.224. The van der Waals surface area contributed by atoms with Crippen LogP contribution in [0.2, 0.25) is 0 Å². The molecule has 0 radical (unpaired) electrons. The quantitative estimate of drug-likeness (QED) is 0.792. The van der Waals surface area contributed by atoms with E-state index in [1.807, 2.05) is 0 Å². The highest BCUT2D eigenvalue weighted by Crippen LogP contribution is 2.28. The van der Waals surface area contributed by atoms with E-state index in [1.54, 1.807) is 8.61 Å². The summed E-state index contributed by atoms with van der Waals surface area (Å²) in [5.74, 6) is 0.526. The summed E-state index contributed by atoms with van der Waals surface area (Å²) < 4.78 is 28.5. The summed E-state index contributed by atoms with van der Waals surface area (Å²) in [6.45, 7) is 3.88. The summed E-state index contributed by atoms with van der Waals surface area (Å²) in [5.41, 5.74) is 0. The lowest BCUT2D eigenvalue weighted by Crippen LogP contribution is -2.52. The molecule has 2 unspecified atom stereocenters. The van der Waals surface area contributed by atoms with Gasteiger partial charge in [-0.1, -0.05) is 6.42 Å². The fourth-order valence-corrected chi connectivity index (χ4v) is 5.24. The number of hydrogen-bond donors (Lipinski definition) is 1. The molecule has 3 rings (SSSR count). The van der Waals surface area contributed by atoms with Gasteiger partial charge in [-0.05, 0) is 38.1 Å². The molecule has 3 saturated heterocycles. The maximum Gasteiger partial charge on any atom is 0.281 e. The third-order valence-corrected chi connectivity index (χ3v) is 6.59. The Hall–Kier alpha value is -0.170. The van der Waals surface area contributed by atoms with Crippen LogP contribution in [-0.2, 0) is 10.2 Å². The summed E-state index contributed by atoms with van der Waals surface area (Å²) in [7, 11) is -3.18. The van der Waals surface area contributed by atoms with Gasteiger partial charge in [-0.2, -0.15) is 17.0 Å². The van der Waals surface area contributed by atoms with E-state index in [0.717, 1.165) is 38.8 Å². The van der Waals surface area contributed by atoms with Crippen LogP contribution in [0.5, 0.6) is 0 Å². The van der Waals surface area contributed by atoms with Crippen molar-refractivity contribution in [2.24, 2.45) is 5.92 Å². The lowest BCUT2D eigenvalue weighted by atomic mass is 9.95. The van der Waals surface area contributed by atoms with Crippen LogP contribution in [0.4, 0.5) is 0 Å². The molecule has 3 aliphatic rings. The minimum Gasteiger partial charge on any atom is -0.314 e. The molecule has 1 N–H and O–H groups in total. The van der Waals surface area contributed by atoms with Crippen LogP contribution in [0.1, 0.15) is 32.1 Å². The molecular formula is C12H23N3O2S. The average Bonchev–Trinajstić information content (AvgIpc) is 2.87. The lowest BCUT2D eigenvalue weighted by Gasteiger charge is -2.38. The van der Waals surface area contributed by atoms with Gasteiger partial charge in [0.25, 0.3) is 10.2 Å². The van der Waals surface area contributed by atoms with Gasteiger partial charge >= 0.3 is 0 Å². The van der Waals surface area contributed by atoms with E-state index in [4.69, 9.17) is 0 Å². The van der Waals surface area contributed by atoms with E-state index in [-0.39, 0.29) is 0 Å². The van der Waals surface area contributed by atoms with Gasteiger partial charge in [-0.15, -0.1) is 0 Å². The zero-order valence-corrected chi connectivity index (χ0v) is 11.7. The average molecular weight is 273 g/mol. The van der Waals surface area contributed by atoms with Crippen molar-refractivity contribution in [1.29, 1.82) is 0 Å². The minimum absolute atomic E-state index is 0.526. The molecule has 18 heavy (non-hydrogen) atoms. The van der Waals surface area contributed by atoms with E-state index < -0.39 is 10.2 Å². The van der Waals surface area contributed by atoms with Gasteiger partial charge in [0.05, 0.1) is 0 Å². The molecule has 0 aromatic heterocycles. The van der Waals surface area contributed by atoms with Crippen LogP contribution in [0, 0.1) is 5.92 Å². The van der Waals surface area contributed by atoms with Gasteiger partial charge in [0.1, 0.15) is 0 Å². The van der Waals surface area contributed by atoms with Gasteiger partial charge in [0.15, 0.2) is 0 Å². The molecule has 3 fully saturated rings. The standard InChI is InChI=1S/C12H23N3O2S/c16-18(17,14-7-2-1-3-8-14)15-9-5-12-11(10-15)4-6-13-12/h11-13H,1-10H2. The first kappa shape index (κ1) is 12.8. The predicted molar refractivity (Wildman–Crippen MR) is 70.4 cm³/mol. The molecule has 0 aromatic rings. The molecule has 2 atom stereocenters. The van der Waals surface area contributed by atoms with Crippen LogP contribution >= 0.6 is 0 Å². The number of nitrogens with zero attached hydrogens (tertiary/aromatic N) is 2. The second-order valence-corrected chi connectivity index (χ2v) is 7.65. The summed E-state index contributed by atoms with van der Waals surface area (Å²) in [6.07, 6.45) is 5.29. The molecule has 0 amide bonds. The molecular weight excluding hydrogens is 250 g/mol. The second kappa shape index (κ2) is 5.07. The zero-order chi connectivity index (χ0) is 12.6. The number of hydrogen-bond acceptors (Lipinski definition) is 3. The van der Waals surface area contributed by atoms with E-state index in [1.165, 1.54) is 6.42 Å². The zero-order valence-electron chi connectivity index (χ0n) is 10.8. The van der Waals surface area contributed by atoms with Gasteiger partial charge in [0, 0.05) is 32.2 Å². The van der Waals surface area contributed by atoms with Crippen LogP contribution in [0.15, 0.2) is 0 Å². The second-order valence-electron chi connectivity index (χ2n) is 5.72. The third kappa shape index (κ3) is 2.31. The molecule has 3 heterocycles. The Kier molecular flexibility index (Phi) is 3.62. The van der Waals surface area contributed by atoms with Gasteiger partial charge in [-0.3, -0.25) is 0 Å². The van der Waals surface area contributed by atoms with Crippen molar-refractivity contribution in [3.63, 3.8) is 0 Å². The van der Waals surface area contributed by atoms with Crippen LogP contribution in [-0.4, -0.2) is 55.8 Å². The Morgan fingerprint density at radius 1 is 0.944 bits per heavy atom. The maximum absolute atomic E-state index is 12.6. The predicted octanol–water partition coefficient (Wildman–Crippen LogP) is 0.401. The normalized spacial score (nSPS) is 35.6. The molecule has 3 aliphatic heterocycles. The highest BCUT2D eigenvalue weighted by atomic mass is 32.2. The van der Waals surface area contributed by atoms with E-state index in [9.17, 15) is 8.42 Å². The van der Waals surface area contributed by atoms with Gasteiger partial charge in [-0.25, -0.2) is 0 Å². The topological polar surface area (TPSA) is 52.7 Å². The number of fused-ring (bicyclic) bond motifs is 1. The molecule has 0 bridgehead atoms. The number of rotatable bonds is 2. The number of piperidine rings is 2. The first-order valence-corrected chi connectivity index (χ1v) is 8.56. The highest BCUT2D eigenvalue weighted by Gasteiger charge is 2.39. The Labute approximate surface area is 110 Å². The molecule has 104 valence electrons. The molecule has 0 aliphatic carbocycles. The van der Waals surface area contributed by atoms with Crippen molar-refractivity contribution in [1.82, 2.24) is 13.9 Å². The van der Waals surface area contributed by atoms with Crippen molar-refractivity contribution >= 4 is 10.2 Å². The smallest absolute Gasteiger partial charge is 0.281 e. The van der Waals surface area contributed by atoms with Gasteiger partial charge < -0.3 is 5.32 Å². The van der Waals surface area contributed by atoms with Crippen LogP contribution in [0.25, 0.3) is 0 Å². The fourth-order valence-electron chi connectivity index (χ4n) is 3.48. The summed E-state index contributed by atoms with van der Waals surface area (Å²) in [5, 5.41) is 3.47. The summed E-state index contributed by atoms with van der Waals surface area (Å²) >= 11 is 0. The molecule has 6 heteroatoms. The van der Waals surface area contributed by atoms with Crippen molar-refractivity contribution < 1.29 is 8.42 Å². The summed E-state index contributed by atoms with van der Waals surface area (Å²) in [6, 6.07) is 0.554. The van der Waals surface area contributed by atoms with E-state index >= 15 is 0 Å². The molecule has 5 nitrogen and oxygen atoms in total. The Balaban J connectivity index is 1.69. The highest BCUT2D eigenvalue weighted by molar-refractivity contribution is 7.86. The van der Waals surface area contributed by atoms with E-state index in [2.05, 4.69) is 5.32 Å². The molecule has 0 saturated carbocycles. The Bertz CT molecular complexity index is 392. The van der Waals surface area contributed by atoms with Crippen LogP contribution in [0.3, 0.4) is 0 Å². The maximum atomic E-state index is 12.6. The fraction of sp³-hybridized carbons (Fsp3) is 1.00. The summed E-state index contributed by atoms with van der Waals surface area (Å²) in [4.78, 5) is 0. The SMILES string of the molecule is O=S(=O)(N1CCCCC1)N1CCC2NCCC2C1. The van der Waals surface area contributed by atoms with Crippen molar-refractivity contribution in [3.05, 3.63) is 0 Å². The van der Waals surface area contributed by atoms with Crippen molar-refractivity contribution in [2.75, 3.05) is 32.7 Å². The molecule has 0 spiro atoms. The molecule has 0 aromatic carbocycles. The minimum atomic E-state index is -3.18. The Morgan fingerprint density at radius 3 is 2.50 bits per heavy atom. The monoisotopic (exact) mass is 273 g/mol. The van der Waals surface area contributed by atoms with Crippen LogP contribution < -0.4 is 5.32 Å². The Morgan fingerprint density at radius 2 is 1.72 bits per heavy atom. The first-order chi connectivity index (χ1) is 8.68.